The molecule has 1 rings (SSSR count). The lowest BCUT2D eigenvalue weighted by Crippen LogP contribution is -2.12. The summed E-state index contributed by atoms with van der Waals surface area (Å²) in [6.45, 7) is 12.3. The second kappa shape index (κ2) is 8.00. The summed E-state index contributed by atoms with van der Waals surface area (Å²) in [5, 5.41) is 0.769. The largest absolute Gasteiger partial charge is 0.258 e. The van der Waals surface area contributed by atoms with Crippen LogP contribution < -0.4 is 0 Å². The van der Waals surface area contributed by atoms with Gasteiger partial charge in [0.25, 0.3) is 0 Å². The van der Waals surface area contributed by atoms with Crippen molar-refractivity contribution in [2.24, 2.45) is 10.4 Å². The van der Waals surface area contributed by atoms with Crippen molar-refractivity contribution in [3.63, 3.8) is 0 Å². The van der Waals surface area contributed by atoms with E-state index in [1.807, 2.05) is 18.5 Å². The monoisotopic (exact) mass is 289 g/mol. The summed E-state index contributed by atoms with van der Waals surface area (Å²) in [6, 6.07) is 0. The van der Waals surface area contributed by atoms with Crippen molar-refractivity contribution >= 4 is 23.7 Å². The van der Waals surface area contributed by atoms with Crippen molar-refractivity contribution in [1.29, 1.82) is 0 Å². The Bertz CT molecular complexity index is 475. The topological polar surface area (TPSA) is 38.1 Å². The number of nitrogens with zero attached hydrogens (tertiary/aromatic N) is 3. The van der Waals surface area contributed by atoms with Crippen LogP contribution in [0, 0.1) is 5.41 Å². The van der Waals surface area contributed by atoms with E-state index in [2.05, 4.69) is 42.0 Å². The zero-order valence-corrected chi connectivity index (χ0v) is 13.4. The van der Waals surface area contributed by atoms with Crippen LogP contribution in [-0.4, -0.2) is 22.4 Å². The van der Waals surface area contributed by atoms with Crippen LogP contribution in [0.4, 0.5) is 5.69 Å². The van der Waals surface area contributed by atoms with Crippen molar-refractivity contribution < 1.29 is 0 Å². The Morgan fingerprint density at radius 2 is 2.05 bits per heavy atom. The Morgan fingerprint density at radius 1 is 1.40 bits per heavy atom. The summed E-state index contributed by atoms with van der Waals surface area (Å²) >= 11 is 1.53. The molecule has 0 saturated heterocycles. The number of allylic oxidation sites excluding steroid dienone is 2. The Morgan fingerprint density at radius 3 is 2.60 bits per heavy atom. The second-order valence-electron chi connectivity index (χ2n) is 5.53. The van der Waals surface area contributed by atoms with Gasteiger partial charge in [0.05, 0.1) is 18.1 Å². The molecule has 0 fully saturated rings. The highest BCUT2D eigenvalue weighted by atomic mass is 32.2. The van der Waals surface area contributed by atoms with E-state index in [4.69, 9.17) is 0 Å². The van der Waals surface area contributed by atoms with Gasteiger partial charge in [-0.2, -0.15) is 0 Å². The van der Waals surface area contributed by atoms with E-state index in [-0.39, 0.29) is 5.41 Å². The van der Waals surface area contributed by atoms with Crippen molar-refractivity contribution in [2.75, 3.05) is 6.26 Å². The first-order chi connectivity index (χ1) is 9.46. The highest BCUT2D eigenvalue weighted by Gasteiger charge is 2.17. The molecule has 1 aromatic heterocycles. The lowest BCUT2D eigenvalue weighted by atomic mass is 9.82. The standard InChI is InChI=1S/C16H23N3S/c1-6-7-13(2)10-16(3,4)8-9-17-14-11-18-15(20-5)19-12-14/h6,9,11-12H,1-2,7-8,10H2,3-5H3. The molecular weight excluding hydrogens is 266 g/mol. The zero-order chi connectivity index (χ0) is 15.0. The maximum Gasteiger partial charge on any atom is 0.187 e. The van der Waals surface area contributed by atoms with Gasteiger partial charge in [-0.3, -0.25) is 4.99 Å². The maximum absolute atomic E-state index is 4.41. The highest BCUT2D eigenvalue weighted by molar-refractivity contribution is 7.98. The number of hydrogen-bond donors (Lipinski definition) is 0. The highest BCUT2D eigenvalue weighted by Crippen LogP contribution is 2.29. The van der Waals surface area contributed by atoms with Crippen LogP contribution in [0.25, 0.3) is 0 Å². The molecular formula is C16H23N3S. The summed E-state index contributed by atoms with van der Waals surface area (Å²) in [6.07, 6.45) is 12.1. The summed E-state index contributed by atoms with van der Waals surface area (Å²) in [7, 11) is 0. The average molecular weight is 289 g/mol. The molecule has 0 amide bonds. The number of rotatable bonds is 8. The molecule has 3 nitrogen and oxygen atoms in total. The van der Waals surface area contributed by atoms with Gasteiger partial charge < -0.3 is 0 Å². The summed E-state index contributed by atoms with van der Waals surface area (Å²) in [5.41, 5.74) is 2.17. The van der Waals surface area contributed by atoms with Gasteiger partial charge in [-0.05, 0) is 30.9 Å². The molecule has 0 aliphatic heterocycles. The lowest BCUT2D eigenvalue weighted by molar-refractivity contribution is 0.380. The third-order valence-corrected chi connectivity index (χ3v) is 3.42. The summed E-state index contributed by atoms with van der Waals surface area (Å²) < 4.78 is 0. The van der Waals surface area contributed by atoms with Gasteiger partial charge in [0.1, 0.15) is 0 Å². The van der Waals surface area contributed by atoms with E-state index in [0.717, 1.165) is 30.1 Å². The fourth-order valence-electron chi connectivity index (χ4n) is 1.90. The minimum Gasteiger partial charge on any atom is -0.258 e. The van der Waals surface area contributed by atoms with Gasteiger partial charge in [0, 0.05) is 6.21 Å². The Hall–Kier alpha value is -1.42. The summed E-state index contributed by atoms with van der Waals surface area (Å²) in [4.78, 5) is 12.8. The van der Waals surface area contributed by atoms with Gasteiger partial charge in [-0.25, -0.2) is 9.97 Å². The first-order valence-corrected chi connectivity index (χ1v) is 7.85. The average Bonchev–Trinajstić information content (AvgIpc) is 2.39. The molecule has 0 bridgehead atoms. The SMILES string of the molecule is C=CCC(=C)CC(C)(C)CC=Nc1cnc(SC)nc1. The van der Waals surface area contributed by atoms with Crippen LogP contribution in [-0.2, 0) is 0 Å². The molecule has 1 aromatic rings. The van der Waals surface area contributed by atoms with Gasteiger partial charge in [-0.15, -0.1) is 6.58 Å². The molecule has 0 radical (unpaired) electrons. The molecule has 0 spiro atoms. The molecule has 0 aliphatic carbocycles. The van der Waals surface area contributed by atoms with Gasteiger partial charge >= 0.3 is 0 Å². The minimum atomic E-state index is 0.156. The van der Waals surface area contributed by atoms with Crippen molar-refractivity contribution in [2.45, 2.75) is 38.3 Å². The fourth-order valence-corrected chi connectivity index (χ4v) is 2.22. The number of aliphatic imine (C=N–C) groups is 1. The van der Waals surface area contributed by atoms with E-state index < -0.39 is 0 Å². The lowest BCUT2D eigenvalue weighted by Gasteiger charge is -2.23. The first kappa shape index (κ1) is 16.6. The Balaban J connectivity index is 2.53. The minimum absolute atomic E-state index is 0.156. The molecule has 108 valence electrons. The van der Waals surface area contributed by atoms with E-state index in [1.54, 1.807) is 12.4 Å². The number of thioether (sulfide) groups is 1. The molecule has 0 atom stereocenters. The molecule has 0 unspecified atom stereocenters. The van der Waals surface area contributed by atoms with Crippen LogP contribution in [0.3, 0.4) is 0 Å². The number of hydrogen-bond acceptors (Lipinski definition) is 4. The van der Waals surface area contributed by atoms with Crippen LogP contribution in [0.5, 0.6) is 0 Å². The van der Waals surface area contributed by atoms with Crippen LogP contribution in [0.1, 0.15) is 33.1 Å². The van der Waals surface area contributed by atoms with Gasteiger partial charge in [-0.1, -0.05) is 43.8 Å². The van der Waals surface area contributed by atoms with Crippen LogP contribution in [0.2, 0.25) is 0 Å². The fraction of sp³-hybridized carbons (Fsp3) is 0.438. The third-order valence-electron chi connectivity index (χ3n) is 2.84. The van der Waals surface area contributed by atoms with Crippen molar-refractivity contribution in [3.05, 3.63) is 37.2 Å². The molecule has 1 heterocycles. The van der Waals surface area contributed by atoms with Crippen LogP contribution in [0.15, 0.2) is 47.3 Å². The van der Waals surface area contributed by atoms with Gasteiger partial charge in [0.2, 0.25) is 0 Å². The zero-order valence-electron chi connectivity index (χ0n) is 12.6. The van der Waals surface area contributed by atoms with E-state index in [0.29, 0.717) is 0 Å². The molecule has 0 saturated carbocycles. The molecule has 0 aromatic carbocycles. The molecule has 0 aliphatic rings. The quantitative estimate of drug-likeness (QED) is 0.297. The first-order valence-electron chi connectivity index (χ1n) is 6.63. The summed E-state index contributed by atoms with van der Waals surface area (Å²) in [5.74, 6) is 0. The van der Waals surface area contributed by atoms with E-state index >= 15 is 0 Å². The van der Waals surface area contributed by atoms with E-state index in [1.165, 1.54) is 17.3 Å². The molecule has 4 heteroatoms. The second-order valence-corrected chi connectivity index (χ2v) is 6.30. The van der Waals surface area contributed by atoms with Gasteiger partial charge in [0.15, 0.2) is 5.16 Å². The molecule has 0 N–H and O–H groups in total. The van der Waals surface area contributed by atoms with Crippen molar-refractivity contribution in [1.82, 2.24) is 9.97 Å². The Kier molecular flexibility index (Phi) is 6.65. The molecule has 20 heavy (non-hydrogen) atoms. The maximum atomic E-state index is 4.41. The van der Waals surface area contributed by atoms with E-state index in [9.17, 15) is 0 Å². The normalized spacial score (nSPS) is 11.8. The predicted molar refractivity (Wildman–Crippen MR) is 88.9 cm³/mol. The number of aromatic nitrogens is 2. The smallest absolute Gasteiger partial charge is 0.187 e. The third kappa shape index (κ3) is 6.15. The predicted octanol–water partition coefficient (Wildman–Crippen LogP) is 4.84. The van der Waals surface area contributed by atoms with Crippen molar-refractivity contribution in [3.8, 4) is 0 Å². The van der Waals surface area contributed by atoms with Crippen LogP contribution >= 0.6 is 11.8 Å². The Labute approximate surface area is 126 Å².